The van der Waals surface area contributed by atoms with Gasteiger partial charge < -0.3 is 8.94 Å². The third-order valence-corrected chi connectivity index (χ3v) is 4.84. The zero-order valence-electron chi connectivity index (χ0n) is 15.9. The minimum Gasteiger partial charge on any atom is -0.419 e. The fourth-order valence-corrected chi connectivity index (χ4v) is 3.30. The molecule has 0 atom stereocenters. The smallest absolute Gasteiger partial charge is 0.253 e. The van der Waals surface area contributed by atoms with Gasteiger partial charge in [0.1, 0.15) is 22.8 Å². The van der Waals surface area contributed by atoms with Gasteiger partial charge in [0.05, 0.1) is 6.54 Å². The molecule has 0 aliphatic carbocycles. The molecule has 0 unspecified atom stereocenters. The monoisotopic (exact) mass is 412 g/mol. The van der Waals surface area contributed by atoms with Gasteiger partial charge in [-0.15, -0.1) is 10.2 Å². The molecule has 4 rings (SSSR count). The van der Waals surface area contributed by atoms with Crippen molar-refractivity contribution in [3.8, 4) is 22.7 Å². The van der Waals surface area contributed by atoms with E-state index in [0.29, 0.717) is 52.5 Å². The maximum Gasteiger partial charge on any atom is 0.253 e. The molecule has 0 spiro atoms. The molecule has 0 amide bonds. The van der Waals surface area contributed by atoms with Crippen LogP contribution in [-0.4, -0.2) is 27.3 Å². The molecule has 0 saturated carbocycles. The molecule has 148 valence electrons. The van der Waals surface area contributed by atoms with Crippen molar-refractivity contribution in [2.45, 2.75) is 20.0 Å². The van der Waals surface area contributed by atoms with Crippen LogP contribution in [-0.2, 0) is 13.1 Å². The van der Waals surface area contributed by atoms with Crippen LogP contribution >= 0.6 is 11.6 Å². The van der Waals surface area contributed by atoms with Gasteiger partial charge in [-0.1, -0.05) is 53.2 Å². The highest BCUT2D eigenvalue weighted by molar-refractivity contribution is 6.31. The van der Waals surface area contributed by atoms with Crippen molar-refractivity contribution >= 4 is 11.6 Å². The summed E-state index contributed by atoms with van der Waals surface area (Å²) < 4.78 is 25.2. The zero-order chi connectivity index (χ0) is 20.4. The summed E-state index contributed by atoms with van der Waals surface area (Å²) in [6, 6.07) is 14.3. The summed E-state index contributed by atoms with van der Waals surface area (Å²) >= 11 is 6.11. The first kappa shape index (κ1) is 19.3. The molecule has 0 aliphatic rings. The lowest BCUT2D eigenvalue weighted by molar-refractivity contribution is 0.279. The quantitative estimate of drug-likeness (QED) is 0.437. The van der Waals surface area contributed by atoms with Gasteiger partial charge in [-0.2, -0.15) is 0 Å². The minimum atomic E-state index is -0.344. The van der Waals surface area contributed by atoms with Gasteiger partial charge in [-0.25, -0.2) is 4.39 Å². The van der Waals surface area contributed by atoms with Gasteiger partial charge in [0.25, 0.3) is 5.89 Å². The molecule has 4 aromatic rings. The maximum absolute atomic E-state index is 14.0. The topological polar surface area (TPSA) is 68.2 Å². The predicted octanol–water partition coefficient (Wildman–Crippen LogP) is 5.12. The lowest BCUT2D eigenvalue weighted by Gasteiger charge is -2.15. The summed E-state index contributed by atoms with van der Waals surface area (Å²) in [6.45, 7) is 2.44. The van der Waals surface area contributed by atoms with Gasteiger partial charge in [0, 0.05) is 22.7 Å². The highest BCUT2D eigenvalue weighted by Crippen LogP contribution is 2.33. The second-order valence-corrected chi connectivity index (χ2v) is 7.11. The van der Waals surface area contributed by atoms with Crippen LogP contribution in [0.1, 0.15) is 17.2 Å². The Bertz CT molecular complexity index is 1110. The van der Waals surface area contributed by atoms with Crippen LogP contribution in [0.3, 0.4) is 0 Å². The van der Waals surface area contributed by atoms with E-state index in [9.17, 15) is 4.39 Å². The first-order chi connectivity index (χ1) is 14.0. The normalized spacial score (nSPS) is 11.3. The van der Waals surface area contributed by atoms with Crippen LogP contribution in [0.25, 0.3) is 22.7 Å². The van der Waals surface area contributed by atoms with Crippen molar-refractivity contribution in [1.82, 2.24) is 20.3 Å². The summed E-state index contributed by atoms with van der Waals surface area (Å²) in [6.07, 6.45) is 0. The molecule has 2 aromatic carbocycles. The first-order valence-corrected chi connectivity index (χ1v) is 9.36. The van der Waals surface area contributed by atoms with Crippen molar-refractivity contribution in [1.29, 1.82) is 0 Å². The minimum absolute atomic E-state index is 0.310. The van der Waals surface area contributed by atoms with E-state index in [1.165, 1.54) is 6.07 Å². The van der Waals surface area contributed by atoms with Crippen LogP contribution in [0.15, 0.2) is 57.5 Å². The van der Waals surface area contributed by atoms with E-state index in [2.05, 4.69) is 15.4 Å². The molecule has 0 bridgehead atoms. The number of nitrogens with zero attached hydrogens (tertiary/aromatic N) is 4. The lowest BCUT2D eigenvalue weighted by atomic mass is 10.1. The van der Waals surface area contributed by atoms with Crippen molar-refractivity contribution < 1.29 is 13.3 Å². The third kappa shape index (κ3) is 4.06. The van der Waals surface area contributed by atoms with E-state index in [1.54, 1.807) is 19.1 Å². The Labute approximate surface area is 171 Å². The van der Waals surface area contributed by atoms with E-state index in [4.69, 9.17) is 20.5 Å². The number of aromatic nitrogens is 3. The van der Waals surface area contributed by atoms with Gasteiger partial charge >= 0.3 is 0 Å². The van der Waals surface area contributed by atoms with Crippen LogP contribution in [0.4, 0.5) is 4.39 Å². The number of benzene rings is 2. The molecule has 0 N–H and O–H groups in total. The Morgan fingerprint density at radius 1 is 1.03 bits per heavy atom. The summed E-state index contributed by atoms with van der Waals surface area (Å²) in [4.78, 5) is 1.85. The number of halogens is 2. The van der Waals surface area contributed by atoms with Crippen molar-refractivity contribution in [3.05, 3.63) is 76.6 Å². The fraction of sp³-hybridized carbons (Fsp3) is 0.190. The molecule has 0 radical (unpaired) electrons. The van der Waals surface area contributed by atoms with Crippen LogP contribution in [0.2, 0.25) is 5.02 Å². The SMILES string of the molecule is Cc1onc(-c2ccccc2)c1-c1nnc(CN(C)Cc2c(F)cccc2Cl)o1. The third-order valence-electron chi connectivity index (χ3n) is 4.49. The largest absolute Gasteiger partial charge is 0.419 e. The van der Waals surface area contributed by atoms with Gasteiger partial charge in [0.15, 0.2) is 0 Å². The van der Waals surface area contributed by atoms with Crippen LogP contribution in [0, 0.1) is 12.7 Å². The fourth-order valence-electron chi connectivity index (χ4n) is 3.08. The second-order valence-electron chi connectivity index (χ2n) is 6.70. The lowest BCUT2D eigenvalue weighted by Crippen LogP contribution is -2.18. The Kier molecular flexibility index (Phi) is 5.42. The predicted molar refractivity (Wildman–Crippen MR) is 107 cm³/mol. The number of hydrogen-bond acceptors (Lipinski definition) is 6. The van der Waals surface area contributed by atoms with Crippen molar-refractivity contribution in [3.63, 3.8) is 0 Å². The van der Waals surface area contributed by atoms with Crippen molar-refractivity contribution in [2.75, 3.05) is 7.05 Å². The average Bonchev–Trinajstić information content (AvgIpc) is 3.31. The average molecular weight is 413 g/mol. The molecule has 2 heterocycles. The highest BCUT2D eigenvalue weighted by atomic mass is 35.5. The molecule has 0 aliphatic heterocycles. The van der Waals surface area contributed by atoms with E-state index in [1.807, 2.05) is 42.3 Å². The zero-order valence-corrected chi connectivity index (χ0v) is 16.7. The van der Waals surface area contributed by atoms with E-state index in [0.717, 1.165) is 5.56 Å². The molecule has 6 nitrogen and oxygen atoms in total. The van der Waals surface area contributed by atoms with Gasteiger partial charge in [-0.3, -0.25) is 4.90 Å². The van der Waals surface area contributed by atoms with Crippen LogP contribution < -0.4 is 0 Å². The molecule has 29 heavy (non-hydrogen) atoms. The number of aryl methyl sites for hydroxylation is 1. The molecule has 0 saturated heterocycles. The van der Waals surface area contributed by atoms with Gasteiger partial charge in [-0.05, 0) is 26.1 Å². The summed E-state index contributed by atoms with van der Waals surface area (Å²) in [7, 11) is 1.83. The molecular formula is C21H18ClFN4O2. The standard InChI is InChI=1S/C21H18ClFN4O2/c1-13-19(20(26-29-13)14-7-4-3-5-8-14)21-25-24-18(28-21)12-27(2)11-15-16(22)9-6-10-17(15)23/h3-10H,11-12H2,1-2H3. The van der Waals surface area contributed by atoms with Crippen molar-refractivity contribution in [2.24, 2.45) is 0 Å². The Balaban J connectivity index is 1.55. The summed E-state index contributed by atoms with van der Waals surface area (Å²) in [5.74, 6) is 0.971. The van der Waals surface area contributed by atoms with Gasteiger partial charge in [0.2, 0.25) is 5.89 Å². The second kappa shape index (κ2) is 8.14. The summed E-state index contributed by atoms with van der Waals surface area (Å²) in [5.41, 5.74) is 2.63. The Morgan fingerprint density at radius 3 is 2.59 bits per heavy atom. The Morgan fingerprint density at radius 2 is 1.83 bits per heavy atom. The molecule has 8 heteroatoms. The van der Waals surface area contributed by atoms with Crippen LogP contribution in [0.5, 0.6) is 0 Å². The maximum atomic E-state index is 14.0. The van der Waals surface area contributed by atoms with E-state index >= 15 is 0 Å². The first-order valence-electron chi connectivity index (χ1n) is 8.99. The molecule has 0 fully saturated rings. The van der Waals surface area contributed by atoms with E-state index in [-0.39, 0.29) is 5.82 Å². The van der Waals surface area contributed by atoms with E-state index < -0.39 is 0 Å². The summed E-state index contributed by atoms with van der Waals surface area (Å²) in [5, 5.41) is 12.8. The molecule has 2 aromatic heterocycles. The highest BCUT2D eigenvalue weighted by Gasteiger charge is 2.22. The Hall–Kier alpha value is -3.03. The number of rotatable bonds is 6. The molecular weight excluding hydrogens is 395 g/mol. The number of hydrogen-bond donors (Lipinski definition) is 0.